The van der Waals surface area contributed by atoms with Crippen molar-refractivity contribution in [1.29, 1.82) is 0 Å². The molecule has 0 radical (unpaired) electrons. The Labute approximate surface area is 248 Å². The van der Waals surface area contributed by atoms with Crippen LogP contribution in [0.5, 0.6) is 0 Å². The third-order valence-electron chi connectivity index (χ3n) is 4.29. The van der Waals surface area contributed by atoms with Crippen molar-refractivity contribution in [3.8, 4) is 0 Å². The summed E-state index contributed by atoms with van der Waals surface area (Å²) < 4.78 is 9.82. The van der Waals surface area contributed by atoms with Gasteiger partial charge in [0.05, 0.1) is 0 Å². The average molecular weight is 610 g/mol. The van der Waals surface area contributed by atoms with Crippen molar-refractivity contribution in [1.82, 2.24) is 0 Å². The van der Waals surface area contributed by atoms with Gasteiger partial charge in [-0.05, 0) is 25.8 Å². The monoisotopic (exact) mass is 612 g/mol. The van der Waals surface area contributed by atoms with E-state index in [0.29, 0.717) is 0 Å². The zero-order valence-electron chi connectivity index (χ0n) is 22.9. The second-order valence-corrected chi connectivity index (χ2v) is 27.4. The first-order valence-electron chi connectivity index (χ1n) is 9.88. The maximum absolute atomic E-state index is 12.1. The fourth-order valence-corrected chi connectivity index (χ4v) is 4.19. The SMILES string of the molecule is CC(C)(C)OC(=O)C(=O)[Si](C)(C)C(C)(C)C.CC(C)(C)OC(=O)[C](=O)[Ge]([CH3])([CH3])[CH3].[3H-].[GeH4].[K+]. The number of rotatable bonds is 4. The number of carbonyl (C=O) groups is 4. The van der Waals surface area contributed by atoms with E-state index in [9.17, 15) is 19.2 Å². The predicted octanol–water partition coefficient (Wildman–Crippen LogP) is 0.384. The van der Waals surface area contributed by atoms with Gasteiger partial charge in [0.25, 0.3) is 0 Å². The first-order chi connectivity index (χ1) is 12.3. The standard InChI is InChI=1S/C12H24O3Si.C9H18GeO3.GeH4.K.H/c1-11(2,3)15-9(13)10(14)16(7,8)12(4,5)6;1-9(2,3)13-8(12)7(11)10(4,5)6;;;/h1-8H3;1-6H3;1H4;;/q;;;+1;-1/i;;;;1+2. The molecule has 0 bridgehead atoms. The van der Waals surface area contributed by atoms with Crippen LogP contribution in [0.25, 0.3) is 0 Å². The molecule has 0 aromatic heterocycles. The summed E-state index contributed by atoms with van der Waals surface area (Å²) in [6.07, 6.45) is 0. The van der Waals surface area contributed by atoms with Crippen molar-refractivity contribution >= 4 is 60.9 Å². The van der Waals surface area contributed by atoms with Crippen LogP contribution in [0.15, 0.2) is 0 Å². The molecule has 0 saturated heterocycles. The fraction of sp³-hybridized carbons (Fsp3) is 0.810. The van der Waals surface area contributed by atoms with E-state index in [0.717, 1.165) is 0 Å². The van der Waals surface area contributed by atoms with Crippen molar-refractivity contribution in [2.24, 2.45) is 0 Å². The van der Waals surface area contributed by atoms with E-state index in [-0.39, 0.29) is 85.5 Å². The Kier molecular flexibility index (Phi) is 17.7. The van der Waals surface area contributed by atoms with Gasteiger partial charge in [-0.3, -0.25) is 4.79 Å². The summed E-state index contributed by atoms with van der Waals surface area (Å²) in [6.45, 7) is 20.4. The van der Waals surface area contributed by atoms with Crippen molar-refractivity contribution in [2.45, 2.75) is 109 Å². The third kappa shape index (κ3) is 16.5. The molecule has 0 amide bonds. The Balaban J connectivity index is -0.000000141. The normalized spacial score (nSPS) is 12.2. The molecule has 6 nitrogen and oxygen atoms in total. The molecule has 0 rings (SSSR count). The topological polar surface area (TPSA) is 86.7 Å². The van der Waals surface area contributed by atoms with Crippen molar-refractivity contribution in [3.63, 3.8) is 0 Å². The van der Waals surface area contributed by atoms with E-state index in [1.54, 1.807) is 41.5 Å². The van der Waals surface area contributed by atoms with Gasteiger partial charge in [0.15, 0.2) is 0 Å². The number of ether oxygens (including phenoxy) is 2. The molecule has 0 spiro atoms. The minimum absolute atomic E-state index is 0. The largest absolute Gasteiger partial charge is 1.00 e. The number of carbonyl (C=O) groups excluding carboxylic acids is 4. The van der Waals surface area contributed by atoms with Gasteiger partial charge in [-0.25, -0.2) is 4.79 Å². The second-order valence-electron chi connectivity index (χ2n) is 11.8. The zero-order chi connectivity index (χ0) is 24.2. The first-order valence-corrected chi connectivity index (χ1v) is 20.2. The molecule has 0 N–H and O–H groups in total. The van der Waals surface area contributed by atoms with E-state index in [4.69, 9.17) is 9.47 Å². The smallest absolute Gasteiger partial charge is 1.00 e. The Bertz CT molecular complexity index is 643. The average Bonchev–Trinajstić information content (AvgIpc) is 2.40. The van der Waals surface area contributed by atoms with Gasteiger partial charge in [0.2, 0.25) is 5.41 Å². The Morgan fingerprint density at radius 1 is 0.710 bits per heavy atom. The van der Waals surface area contributed by atoms with Crippen LogP contribution >= 0.6 is 0 Å². The Hall–Kier alpha value is 1.22. The molecule has 0 atom stereocenters. The molecule has 0 aliphatic carbocycles. The molecule has 10 heteroatoms. The summed E-state index contributed by atoms with van der Waals surface area (Å²) in [4.78, 5) is 46.5. The molecule has 0 aliphatic rings. The summed E-state index contributed by atoms with van der Waals surface area (Å²) in [5, 5.41) is -0.462. The molecule has 31 heavy (non-hydrogen) atoms. The van der Waals surface area contributed by atoms with E-state index in [2.05, 4.69) is 0 Å². The predicted molar refractivity (Wildman–Crippen MR) is 135 cm³/mol. The van der Waals surface area contributed by atoms with Gasteiger partial charge < -0.3 is 6.16 Å². The van der Waals surface area contributed by atoms with Gasteiger partial charge in [-0.2, -0.15) is 0 Å². The number of esters is 2. The van der Waals surface area contributed by atoms with Crippen LogP contribution in [0, 0.1) is 0 Å². The summed E-state index contributed by atoms with van der Waals surface area (Å²) in [7, 11) is -2.28. The van der Waals surface area contributed by atoms with Gasteiger partial charge in [0.1, 0.15) is 13.7 Å². The minimum Gasteiger partial charge on any atom is 1.00 e. The maximum Gasteiger partial charge on any atom is 1.00 e. The van der Waals surface area contributed by atoms with E-state index < -0.39 is 44.5 Å². The molecule has 0 heterocycles. The quantitative estimate of drug-likeness (QED) is 0.260. The van der Waals surface area contributed by atoms with Crippen LogP contribution in [0.4, 0.5) is 0 Å². The van der Waals surface area contributed by atoms with Gasteiger partial charge in [0, 0.05) is 0 Å². The maximum atomic E-state index is 12.1. The number of hydrogen-bond acceptors (Lipinski definition) is 6. The van der Waals surface area contributed by atoms with Crippen LogP contribution in [-0.2, 0) is 28.7 Å². The van der Waals surface area contributed by atoms with E-state index >= 15 is 0 Å². The van der Waals surface area contributed by atoms with Gasteiger partial charge in [-0.15, -0.1) is 0 Å². The Morgan fingerprint density at radius 3 is 1.23 bits per heavy atom. The molecular weight excluding hydrogens is 561 g/mol. The van der Waals surface area contributed by atoms with Crippen LogP contribution in [-0.4, -0.2) is 72.1 Å². The molecule has 0 unspecified atom stereocenters. The fourth-order valence-electron chi connectivity index (χ4n) is 1.55. The molecule has 0 aromatic carbocycles. The van der Waals surface area contributed by atoms with Crippen molar-refractivity contribution in [2.75, 3.05) is 0 Å². The summed E-state index contributed by atoms with van der Waals surface area (Å²) >= 11 is -2.52. The molecular formula is C21H47Ge2KO6Si. The molecule has 0 aromatic rings. The molecule has 0 aliphatic heterocycles. The molecule has 0 fully saturated rings. The van der Waals surface area contributed by atoms with Crippen LogP contribution in [0.1, 0.15) is 63.7 Å². The molecule has 180 valence electrons. The zero-order valence-corrected chi connectivity index (χ0v) is 28.2. The Morgan fingerprint density at radius 2 is 1.00 bits per heavy atom. The van der Waals surface area contributed by atoms with Crippen LogP contribution in [0.2, 0.25) is 35.4 Å². The van der Waals surface area contributed by atoms with Crippen LogP contribution in [0.3, 0.4) is 0 Å². The van der Waals surface area contributed by atoms with Crippen LogP contribution < -0.4 is 51.4 Å². The first kappa shape index (κ1) is 39.4. The van der Waals surface area contributed by atoms with E-state index in [1.165, 1.54) is 0 Å². The summed E-state index contributed by atoms with van der Waals surface area (Å²) in [5.41, 5.74) is -1.17. The summed E-state index contributed by atoms with van der Waals surface area (Å²) in [5.74, 6) is 4.30. The van der Waals surface area contributed by atoms with Gasteiger partial charge >= 0.3 is 157 Å². The summed E-state index contributed by atoms with van der Waals surface area (Å²) in [6, 6.07) is 0. The number of hydrogen-bond donors (Lipinski definition) is 0. The van der Waals surface area contributed by atoms with Crippen molar-refractivity contribution in [3.05, 3.63) is 0 Å². The minimum atomic E-state index is -2.52. The third-order valence-corrected chi connectivity index (χ3v) is 12.7. The van der Waals surface area contributed by atoms with Gasteiger partial charge in [-0.1, -0.05) is 33.9 Å². The molecule has 0 saturated carbocycles. The van der Waals surface area contributed by atoms with Crippen molar-refractivity contribution < 1.29 is 81.5 Å². The van der Waals surface area contributed by atoms with E-state index in [1.807, 2.05) is 51.1 Å². The second kappa shape index (κ2) is 13.9.